The quantitative estimate of drug-likeness (QED) is 0.740. The molecule has 0 saturated heterocycles. The Labute approximate surface area is 141 Å². The molecule has 0 atom stereocenters. The summed E-state index contributed by atoms with van der Waals surface area (Å²) < 4.78 is 8.96. The van der Waals surface area contributed by atoms with E-state index in [4.69, 9.17) is 4.74 Å². The fourth-order valence-electron chi connectivity index (χ4n) is 2.83. The molecule has 0 aliphatic heterocycles. The number of aryl methyl sites for hydroxylation is 3. The molecule has 3 rings (SSSR count). The number of hydrogen-bond donors (Lipinski definition) is 0. The van der Waals surface area contributed by atoms with Gasteiger partial charge >= 0.3 is 0 Å². The third-order valence-electron chi connectivity index (χ3n) is 4.02. The number of rotatable bonds is 4. The lowest BCUT2D eigenvalue weighted by atomic mass is 10.1. The zero-order valence-electron chi connectivity index (χ0n) is 14.4. The molecule has 0 spiro atoms. The van der Waals surface area contributed by atoms with E-state index in [1.54, 1.807) is 15.3 Å². The topological polar surface area (TPSA) is 49.0 Å². The van der Waals surface area contributed by atoms with Gasteiger partial charge in [-0.1, -0.05) is 0 Å². The molecule has 0 bridgehead atoms. The van der Waals surface area contributed by atoms with Crippen molar-refractivity contribution in [3.8, 4) is 22.6 Å². The van der Waals surface area contributed by atoms with Crippen molar-refractivity contribution in [2.75, 3.05) is 6.61 Å². The van der Waals surface area contributed by atoms with E-state index in [0.717, 1.165) is 33.7 Å². The molecular formula is C19H21N3O2. The lowest BCUT2D eigenvalue weighted by Crippen LogP contribution is -2.18. The molecule has 2 aromatic heterocycles. The maximum atomic E-state index is 12.5. The molecule has 0 N–H and O–H groups in total. The number of pyridine rings is 1. The Kier molecular flexibility index (Phi) is 4.25. The Balaban J connectivity index is 2.13. The van der Waals surface area contributed by atoms with Crippen LogP contribution in [0.5, 0.6) is 5.75 Å². The van der Waals surface area contributed by atoms with Gasteiger partial charge in [-0.05, 0) is 50.1 Å². The Hall–Kier alpha value is -2.82. The number of ether oxygens (including phenoxy) is 1. The highest BCUT2D eigenvalue weighted by Crippen LogP contribution is 2.24. The van der Waals surface area contributed by atoms with Gasteiger partial charge in [-0.2, -0.15) is 5.10 Å². The van der Waals surface area contributed by atoms with Crippen molar-refractivity contribution in [2.45, 2.75) is 20.8 Å². The van der Waals surface area contributed by atoms with Crippen molar-refractivity contribution in [2.24, 2.45) is 7.05 Å². The summed E-state index contributed by atoms with van der Waals surface area (Å²) in [6, 6.07) is 7.43. The molecule has 0 aliphatic carbocycles. The summed E-state index contributed by atoms with van der Waals surface area (Å²) in [5.41, 5.74) is 4.72. The van der Waals surface area contributed by atoms with E-state index in [0.29, 0.717) is 6.61 Å². The summed E-state index contributed by atoms with van der Waals surface area (Å²) in [5, 5.41) is 4.22. The first-order valence-electron chi connectivity index (χ1n) is 7.95. The van der Waals surface area contributed by atoms with E-state index in [9.17, 15) is 4.79 Å². The van der Waals surface area contributed by atoms with Crippen molar-refractivity contribution >= 4 is 0 Å². The van der Waals surface area contributed by atoms with Gasteiger partial charge in [0.05, 0.1) is 18.5 Å². The summed E-state index contributed by atoms with van der Waals surface area (Å²) in [6.45, 7) is 6.50. The molecule has 0 saturated carbocycles. The summed E-state index contributed by atoms with van der Waals surface area (Å²) in [7, 11) is 1.88. The minimum atomic E-state index is -0.0487. The molecule has 0 unspecified atom stereocenters. The second-order valence-corrected chi connectivity index (χ2v) is 5.86. The zero-order valence-corrected chi connectivity index (χ0v) is 14.4. The Morgan fingerprint density at radius 3 is 2.54 bits per heavy atom. The molecule has 0 radical (unpaired) electrons. The lowest BCUT2D eigenvalue weighted by molar-refractivity contribution is 0.340. The predicted octanol–water partition coefficient (Wildman–Crippen LogP) is 3.25. The maximum Gasteiger partial charge on any atom is 0.255 e. The second-order valence-electron chi connectivity index (χ2n) is 5.86. The summed E-state index contributed by atoms with van der Waals surface area (Å²) >= 11 is 0. The fraction of sp³-hybridized carbons (Fsp3) is 0.263. The van der Waals surface area contributed by atoms with Gasteiger partial charge in [-0.25, -0.2) is 0 Å². The van der Waals surface area contributed by atoms with Crippen LogP contribution in [0.3, 0.4) is 0 Å². The maximum absolute atomic E-state index is 12.5. The summed E-state index contributed by atoms with van der Waals surface area (Å²) in [6.07, 6.45) is 5.64. The van der Waals surface area contributed by atoms with E-state index < -0.39 is 0 Å². The summed E-state index contributed by atoms with van der Waals surface area (Å²) in [4.78, 5) is 12.5. The third-order valence-corrected chi connectivity index (χ3v) is 4.02. The molecule has 24 heavy (non-hydrogen) atoms. The predicted molar refractivity (Wildman–Crippen MR) is 94.9 cm³/mol. The molecular weight excluding hydrogens is 302 g/mol. The smallest absolute Gasteiger partial charge is 0.255 e. The van der Waals surface area contributed by atoms with Gasteiger partial charge < -0.3 is 4.74 Å². The molecule has 5 heteroatoms. The standard InChI is InChI=1S/C19H21N3O2/c1-5-24-16-6-7-18(14(3)8-16)22-12-17(13(2)9-19(22)23)15-10-20-21(4)11-15/h6-12H,5H2,1-4H3. The van der Waals surface area contributed by atoms with Crippen LogP contribution in [0.15, 0.2) is 47.7 Å². The van der Waals surface area contributed by atoms with E-state index in [-0.39, 0.29) is 5.56 Å². The number of aromatic nitrogens is 3. The van der Waals surface area contributed by atoms with Crippen molar-refractivity contribution in [1.29, 1.82) is 0 Å². The SMILES string of the molecule is CCOc1ccc(-n2cc(-c3cnn(C)c3)c(C)cc2=O)c(C)c1. The van der Waals surface area contributed by atoms with E-state index in [1.807, 2.05) is 64.6 Å². The third kappa shape index (κ3) is 2.97. The first kappa shape index (κ1) is 16.1. The van der Waals surface area contributed by atoms with E-state index >= 15 is 0 Å². The molecule has 124 valence electrons. The monoisotopic (exact) mass is 323 g/mol. The highest BCUT2D eigenvalue weighted by Gasteiger charge is 2.11. The van der Waals surface area contributed by atoms with Gasteiger partial charge in [0.15, 0.2) is 0 Å². The van der Waals surface area contributed by atoms with Gasteiger partial charge in [0.1, 0.15) is 5.75 Å². The average Bonchev–Trinajstić information content (AvgIpc) is 2.95. The van der Waals surface area contributed by atoms with E-state index in [1.165, 1.54) is 0 Å². The van der Waals surface area contributed by atoms with Crippen molar-refractivity contribution in [3.05, 3.63) is 64.3 Å². The molecule has 2 heterocycles. The van der Waals surface area contributed by atoms with Crippen molar-refractivity contribution in [3.63, 3.8) is 0 Å². The Morgan fingerprint density at radius 1 is 1.12 bits per heavy atom. The van der Waals surface area contributed by atoms with Gasteiger partial charge in [0, 0.05) is 36.6 Å². The number of hydrogen-bond acceptors (Lipinski definition) is 3. The van der Waals surface area contributed by atoms with Crippen LogP contribution in [0.2, 0.25) is 0 Å². The van der Waals surface area contributed by atoms with Crippen LogP contribution in [-0.4, -0.2) is 21.0 Å². The van der Waals surface area contributed by atoms with Gasteiger partial charge in [0.2, 0.25) is 0 Å². The number of nitrogens with zero attached hydrogens (tertiary/aromatic N) is 3. The second kappa shape index (κ2) is 6.35. The van der Waals surface area contributed by atoms with Crippen molar-refractivity contribution < 1.29 is 4.74 Å². The molecule has 0 fully saturated rings. The van der Waals surface area contributed by atoms with Crippen LogP contribution in [-0.2, 0) is 7.05 Å². The molecule has 5 nitrogen and oxygen atoms in total. The van der Waals surface area contributed by atoms with E-state index in [2.05, 4.69) is 5.10 Å². The normalized spacial score (nSPS) is 10.8. The van der Waals surface area contributed by atoms with Crippen LogP contribution in [0.1, 0.15) is 18.1 Å². The first-order valence-corrected chi connectivity index (χ1v) is 7.95. The molecule has 0 aliphatic rings. The lowest BCUT2D eigenvalue weighted by Gasteiger charge is -2.14. The van der Waals surface area contributed by atoms with Crippen molar-refractivity contribution in [1.82, 2.24) is 14.3 Å². The van der Waals surface area contributed by atoms with Gasteiger partial charge in [-0.3, -0.25) is 14.0 Å². The fourth-order valence-corrected chi connectivity index (χ4v) is 2.83. The Bertz CT molecular complexity index is 938. The van der Waals surface area contributed by atoms with Gasteiger partial charge in [-0.15, -0.1) is 0 Å². The van der Waals surface area contributed by atoms with Crippen LogP contribution < -0.4 is 10.3 Å². The zero-order chi connectivity index (χ0) is 17.3. The van der Waals surface area contributed by atoms with Crippen LogP contribution in [0.25, 0.3) is 16.8 Å². The highest BCUT2D eigenvalue weighted by atomic mass is 16.5. The Morgan fingerprint density at radius 2 is 1.92 bits per heavy atom. The summed E-state index contributed by atoms with van der Waals surface area (Å²) in [5.74, 6) is 0.811. The molecule has 3 aromatic rings. The van der Waals surface area contributed by atoms with Crippen LogP contribution >= 0.6 is 0 Å². The molecule has 1 aromatic carbocycles. The largest absolute Gasteiger partial charge is 0.494 e. The van der Waals surface area contributed by atoms with Crippen LogP contribution in [0, 0.1) is 13.8 Å². The average molecular weight is 323 g/mol. The van der Waals surface area contributed by atoms with Crippen LogP contribution in [0.4, 0.5) is 0 Å². The van der Waals surface area contributed by atoms with Gasteiger partial charge in [0.25, 0.3) is 5.56 Å². The molecule has 0 amide bonds. The highest BCUT2D eigenvalue weighted by molar-refractivity contribution is 5.65. The minimum absolute atomic E-state index is 0.0487. The number of benzene rings is 1. The first-order chi connectivity index (χ1) is 11.5. The minimum Gasteiger partial charge on any atom is -0.494 e.